The van der Waals surface area contributed by atoms with Crippen molar-refractivity contribution in [1.82, 2.24) is 9.78 Å². The zero-order chi connectivity index (χ0) is 13.1. The Morgan fingerprint density at radius 2 is 2.28 bits per heavy atom. The molecule has 0 saturated heterocycles. The lowest BCUT2D eigenvalue weighted by molar-refractivity contribution is 0.00371. The minimum atomic E-state index is -0.342. The van der Waals surface area contributed by atoms with Gasteiger partial charge in [0.15, 0.2) is 5.69 Å². The molecule has 1 aliphatic carbocycles. The van der Waals surface area contributed by atoms with Crippen molar-refractivity contribution in [2.24, 2.45) is 5.92 Å². The third-order valence-corrected chi connectivity index (χ3v) is 3.65. The van der Waals surface area contributed by atoms with Crippen LogP contribution in [0.1, 0.15) is 50.0 Å². The van der Waals surface area contributed by atoms with Gasteiger partial charge in [-0.25, -0.2) is 4.79 Å². The van der Waals surface area contributed by atoms with Crippen molar-refractivity contribution in [1.29, 1.82) is 0 Å². The number of carbonyl (C=O) groups is 1. The fourth-order valence-corrected chi connectivity index (χ4v) is 2.51. The van der Waals surface area contributed by atoms with Crippen LogP contribution < -0.4 is 5.73 Å². The van der Waals surface area contributed by atoms with Crippen LogP contribution in [0.2, 0.25) is 0 Å². The fourth-order valence-electron chi connectivity index (χ4n) is 2.51. The predicted octanol–water partition coefficient (Wildman–Crippen LogP) is 2.22. The molecule has 1 aromatic heterocycles. The van der Waals surface area contributed by atoms with Crippen molar-refractivity contribution in [3.8, 4) is 0 Å². The molecule has 1 aliphatic rings. The van der Waals surface area contributed by atoms with Gasteiger partial charge in [0.2, 0.25) is 0 Å². The topological polar surface area (TPSA) is 70.1 Å². The normalized spacial score (nSPS) is 23.9. The van der Waals surface area contributed by atoms with E-state index in [-0.39, 0.29) is 12.1 Å². The summed E-state index contributed by atoms with van der Waals surface area (Å²) in [5.41, 5.74) is 6.55. The lowest BCUT2D eigenvalue weighted by Gasteiger charge is -2.28. The number of hydrogen-bond acceptors (Lipinski definition) is 4. The molecule has 1 saturated carbocycles. The molecule has 0 aliphatic heterocycles. The van der Waals surface area contributed by atoms with Crippen LogP contribution in [0.5, 0.6) is 0 Å². The van der Waals surface area contributed by atoms with Gasteiger partial charge in [-0.15, -0.1) is 0 Å². The number of nitrogens with zero attached hydrogens (tertiary/aromatic N) is 2. The molecule has 0 aromatic carbocycles. The molecule has 5 heteroatoms. The largest absolute Gasteiger partial charge is 0.457 e. The lowest BCUT2D eigenvalue weighted by atomic mass is 9.88. The van der Waals surface area contributed by atoms with Crippen LogP contribution >= 0.6 is 0 Å². The number of rotatable bonds is 3. The summed E-state index contributed by atoms with van der Waals surface area (Å²) in [6.45, 7) is 4.67. The van der Waals surface area contributed by atoms with E-state index in [4.69, 9.17) is 10.5 Å². The number of aromatic nitrogens is 2. The van der Waals surface area contributed by atoms with Gasteiger partial charge in [0, 0.05) is 6.54 Å². The summed E-state index contributed by atoms with van der Waals surface area (Å²) in [5.74, 6) is 0.0903. The van der Waals surface area contributed by atoms with E-state index in [1.807, 2.05) is 6.92 Å². The van der Waals surface area contributed by atoms with Gasteiger partial charge >= 0.3 is 5.97 Å². The molecule has 100 valence electrons. The SMILES string of the molecule is CCn1ncc(N)c1C(=O)OC1CCCCC1C. The summed E-state index contributed by atoms with van der Waals surface area (Å²) < 4.78 is 7.18. The van der Waals surface area contributed by atoms with Gasteiger partial charge in [0.1, 0.15) is 6.10 Å². The zero-order valence-electron chi connectivity index (χ0n) is 11.1. The van der Waals surface area contributed by atoms with Crippen molar-refractivity contribution in [2.75, 3.05) is 5.73 Å². The Kier molecular flexibility index (Phi) is 3.89. The molecule has 1 aromatic rings. The number of nitrogens with two attached hydrogens (primary N) is 1. The molecule has 18 heavy (non-hydrogen) atoms. The summed E-state index contributed by atoms with van der Waals surface area (Å²) in [6.07, 6.45) is 5.96. The molecular weight excluding hydrogens is 230 g/mol. The number of ether oxygens (including phenoxy) is 1. The van der Waals surface area contributed by atoms with Crippen LogP contribution in [0.3, 0.4) is 0 Å². The molecule has 2 N–H and O–H groups in total. The van der Waals surface area contributed by atoms with Crippen LogP contribution in [-0.2, 0) is 11.3 Å². The second-order valence-corrected chi connectivity index (χ2v) is 4.97. The Balaban J connectivity index is 2.09. The van der Waals surface area contributed by atoms with E-state index in [1.165, 1.54) is 12.6 Å². The van der Waals surface area contributed by atoms with Crippen LogP contribution in [-0.4, -0.2) is 21.9 Å². The monoisotopic (exact) mass is 251 g/mol. The number of carbonyl (C=O) groups excluding carboxylic acids is 1. The second kappa shape index (κ2) is 5.42. The van der Waals surface area contributed by atoms with Crippen molar-refractivity contribution in [2.45, 2.75) is 52.2 Å². The minimum absolute atomic E-state index is 0.0193. The predicted molar refractivity (Wildman–Crippen MR) is 69.1 cm³/mol. The van der Waals surface area contributed by atoms with Gasteiger partial charge in [-0.05, 0) is 32.1 Å². The maximum Gasteiger partial charge on any atom is 0.359 e. The Bertz CT molecular complexity index is 428. The zero-order valence-corrected chi connectivity index (χ0v) is 11.1. The number of nitrogen functional groups attached to an aromatic ring is 1. The molecule has 1 heterocycles. The van der Waals surface area contributed by atoms with E-state index < -0.39 is 0 Å². The van der Waals surface area contributed by atoms with Crippen molar-refractivity contribution in [3.05, 3.63) is 11.9 Å². The molecule has 0 radical (unpaired) electrons. The second-order valence-electron chi connectivity index (χ2n) is 4.97. The smallest absolute Gasteiger partial charge is 0.359 e. The molecule has 5 nitrogen and oxygen atoms in total. The van der Waals surface area contributed by atoms with Crippen molar-refractivity contribution >= 4 is 11.7 Å². The number of hydrogen-bond donors (Lipinski definition) is 1. The molecule has 2 atom stereocenters. The van der Waals surface area contributed by atoms with Crippen LogP contribution in [0.15, 0.2) is 6.20 Å². The van der Waals surface area contributed by atoms with E-state index in [2.05, 4.69) is 12.0 Å². The number of aryl methyl sites for hydroxylation is 1. The third-order valence-electron chi connectivity index (χ3n) is 3.65. The summed E-state index contributed by atoms with van der Waals surface area (Å²) >= 11 is 0. The van der Waals surface area contributed by atoms with Crippen LogP contribution in [0.25, 0.3) is 0 Å². The third kappa shape index (κ3) is 2.49. The van der Waals surface area contributed by atoms with E-state index >= 15 is 0 Å². The number of esters is 1. The van der Waals surface area contributed by atoms with Gasteiger partial charge in [-0.2, -0.15) is 5.10 Å². The first-order valence-electron chi connectivity index (χ1n) is 6.65. The summed E-state index contributed by atoms with van der Waals surface area (Å²) in [5, 5.41) is 4.06. The minimum Gasteiger partial charge on any atom is -0.457 e. The highest BCUT2D eigenvalue weighted by Gasteiger charge is 2.27. The molecule has 1 fully saturated rings. The standard InChI is InChI=1S/C13H21N3O2/c1-3-16-12(10(14)8-15-16)13(17)18-11-7-5-4-6-9(11)2/h8-9,11H,3-7,14H2,1-2H3. The molecule has 2 rings (SSSR count). The molecular formula is C13H21N3O2. The highest BCUT2D eigenvalue weighted by molar-refractivity contribution is 5.93. The maximum absolute atomic E-state index is 12.2. The Morgan fingerprint density at radius 3 is 2.94 bits per heavy atom. The van der Waals surface area contributed by atoms with E-state index in [0.717, 1.165) is 19.3 Å². The average molecular weight is 251 g/mol. The quantitative estimate of drug-likeness (QED) is 0.836. The first-order valence-corrected chi connectivity index (χ1v) is 6.65. The van der Waals surface area contributed by atoms with E-state index in [1.54, 1.807) is 4.68 Å². The van der Waals surface area contributed by atoms with Gasteiger partial charge in [-0.1, -0.05) is 13.3 Å². The highest BCUT2D eigenvalue weighted by Crippen LogP contribution is 2.27. The average Bonchev–Trinajstić information content (AvgIpc) is 2.73. The Morgan fingerprint density at radius 1 is 1.56 bits per heavy atom. The van der Waals surface area contributed by atoms with Gasteiger partial charge in [0.05, 0.1) is 11.9 Å². The first kappa shape index (κ1) is 12.9. The summed E-state index contributed by atoms with van der Waals surface area (Å²) in [6, 6.07) is 0. The Hall–Kier alpha value is -1.52. The maximum atomic E-state index is 12.2. The van der Waals surface area contributed by atoms with Gasteiger partial charge in [-0.3, -0.25) is 4.68 Å². The summed E-state index contributed by atoms with van der Waals surface area (Å²) in [7, 11) is 0. The molecule has 0 bridgehead atoms. The van der Waals surface area contributed by atoms with Gasteiger partial charge in [0.25, 0.3) is 0 Å². The van der Waals surface area contributed by atoms with E-state index in [9.17, 15) is 4.79 Å². The lowest BCUT2D eigenvalue weighted by Crippen LogP contribution is -2.29. The number of anilines is 1. The highest BCUT2D eigenvalue weighted by atomic mass is 16.5. The fraction of sp³-hybridized carbons (Fsp3) is 0.692. The van der Waals surface area contributed by atoms with Gasteiger partial charge < -0.3 is 10.5 Å². The van der Waals surface area contributed by atoms with Crippen LogP contribution in [0.4, 0.5) is 5.69 Å². The van der Waals surface area contributed by atoms with Crippen LogP contribution in [0, 0.1) is 5.92 Å². The first-order chi connectivity index (χ1) is 8.63. The molecule has 0 spiro atoms. The molecule has 2 unspecified atom stereocenters. The Labute approximate surface area is 107 Å². The summed E-state index contributed by atoms with van der Waals surface area (Å²) in [4.78, 5) is 12.2. The van der Waals surface area contributed by atoms with Crippen molar-refractivity contribution < 1.29 is 9.53 Å². The molecule has 0 amide bonds. The van der Waals surface area contributed by atoms with E-state index in [0.29, 0.717) is 23.8 Å². The van der Waals surface area contributed by atoms with Crippen molar-refractivity contribution in [3.63, 3.8) is 0 Å².